The van der Waals surface area contributed by atoms with Crippen molar-refractivity contribution in [3.8, 4) is 23.0 Å². The number of benzene rings is 2. The van der Waals surface area contributed by atoms with Crippen molar-refractivity contribution in [1.29, 1.82) is 0 Å². The van der Waals surface area contributed by atoms with Crippen molar-refractivity contribution < 1.29 is 98.5 Å². The Hall–Kier alpha value is -3.71. The zero-order chi connectivity index (χ0) is 41.6. The van der Waals surface area contributed by atoms with Crippen LogP contribution in [0.5, 0.6) is 23.0 Å². The Morgan fingerprint density at radius 2 is 1.37 bits per heavy atom. The van der Waals surface area contributed by atoms with Crippen molar-refractivity contribution in [2.45, 2.75) is 105 Å². The number of phenols is 2. The molecule has 10 N–H and O–H groups in total. The minimum atomic E-state index is -1.93. The van der Waals surface area contributed by atoms with Gasteiger partial charge in [0, 0.05) is 6.08 Å². The molecule has 3 fully saturated rings. The number of esters is 1. The number of carbonyl (C=O) groups is 1. The molecule has 0 aliphatic carbocycles. The molecular formula is C37H50O20. The number of phenolic OH excluding ortho intramolecular Hbond substituents is 2. The molecule has 0 aromatic heterocycles. The molecule has 3 saturated heterocycles. The summed E-state index contributed by atoms with van der Waals surface area (Å²) >= 11 is 0. The van der Waals surface area contributed by atoms with Crippen LogP contribution in [-0.2, 0) is 44.4 Å². The van der Waals surface area contributed by atoms with Gasteiger partial charge in [-0.05, 0) is 54.8 Å². The minimum Gasteiger partial charge on any atom is -0.504 e. The van der Waals surface area contributed by atoms with Gasteiger partial charge in [-0.2, -0.15) is 0 Å². The van der Waals surface area contributed by atoms with Crippen molar-refractivity contribution in [2.75, 3.05) is 34.0 Å². The van der Waals surface area contributed by atoms with Crippen molar-refractivity contribution in [3.63, 3.8) is 0 Å². The number of hydrogen-bond donors (Lipinski definition) is 10. The quantitative estimate of drug-likeness (QED) is 0.0652. The molecule has 0 saturated carbocycles. The number of rotatable bonds is 15. The first-order chi connectivity index (χ1) is 27.2. The zero-order valence-corrected chi connectivity index (χ0v) is 31.2. The fourth-order valence-electron chi connectivity index (χ4n) is 6.54. The highest BCUT2D eigenvalue weighted by Gasteiger charge is 2.54. The monoisotopic (exact) mass is 814 g/mol. The van der Waals surface area contributed by atoms with Gasteiger partial charge in [0.15, 0.2) is 48.0 Å². The van der Waals surface area contributed by atoms with Gasteiger partial charge >= 0.3 is 5.97 Å². The topological polar surface area (TPSA) is 302 Å². The van der Waals surface area contributed by atoms with E-state index in [1.807, 2.05) is 0 Å². The number of ether oxygens (including phenoxy) is 9. The SMILES string of the molecule is COc1ccc(CCO[C@@H]2O[C@H](CO)[C@@H](OC(=O)C=Cc3ccc(O)c(OC)c3)[C@H](O[C@@H]3O[C@@H](C)[C@H](O)[C@@H](O)[C@H]3O[C@@H]3O[C@H](CO)[C@H](O)[C@H](O)[C@H]3O)[C@H]2O)cc1O. The van der Waals surface area contributed by atoms with E-state index in [0.29, 0.717) is 11.1 Å². The highest BCUT2D eigenvalue weighted by molar-refractivity contribution is 5.87. The van der Waals surface area contributed by atoms with Crippen molar-refractivity contribution >= 4 is 12.0 Å². The average molecular weight is 815 g/mol. The molecule has 3 aliphatic rings. The lowest BCUT2D eigenvalue weighted by Crippen LogP contribution is -2.66. The smallest absolute Gasteiger partial charge is 0.331 e. The first-order valence-corrected chi connectivity index (χ1v) is 18.0. The summed E-state index contributed by atoms with van der Waals surface area (Å²) in [6, 6.07) is 8.96. The Morgan fingerprint density at radius 3 is 2.04 bits per heavy atom. The predicted molar refractivity (Wildman–Crippen MR) is 190 cm³/mol. The van der Waals surface area contributed by atoms with Gasteiger partial charge in [0.2, 0.25) is 0 Å². The first-order valence-electron chi connectivity index (χ1n) is 18.0. The molecule has 15 atom stereocenters. The standard InChI is InChI=1S/C37H50O20/c1-16-26(43)29(46)34(57-36-30(47)28(45)27(44)23(14-38)53-36)37(52-16)56-33-31(48)35(51-11-10-18-5-8-21(49-2)20(41)12-18)54-24(15-39)32(33)55-25(42)9-6-17-4-7-19(40)22(13-17)50-3/h4-9,12-13,16,23-24,26-41,43-48H,10-11,14-15H2,1-3H3/t16-,23+,24+,26-,27-,28-,29+,30+,31+,32+,33+,34+,35+,36-,37-/m0/s1. The summed E-state index contributed by atoms with van der Waals surface area (Å²) in [5.41, 5.74) is 1.05. The Bertz CT molecular complexity index is 1640. The summed E-state index contributed by atoms with van der Waals surface area (Å²) in [7, 11) is 2.74. The van der Waals surface area contributed by atoms with Crippen LogP contribution in [0.15, 0.2) is 42.5 Å². The summed E-state index contributed by atoms with van der Waals surface area (Å²) < 4.78 is 50.8. The number of methoxy groups -OCH3 is 2. The van der Waals surface area contributed by atoms with Gasteiger partial charge in [0.25, 0.3) is 0 Å². The molecule has 0 unspecified atom stereocenters. The molecule has 2 aromatic rings. The van der Waals surface area contributed by atoms with Crippen LogP contribution in [0.3, 0.4) is 0 Å². The zero-order valence-electron chi connectivity index (χ0n) is 31.2. The third-order valence-corrected chi connectivity index (χ3v) is 9.79. The van der Waals surface area contributed by atoms with Gasteiger partial charge in [0.05, 0.1) is 40.1 Å². The van der Waals surface area contributed by atoms with E-state index in [9.17, 15) is 55.9 Å². The molecule has 3 heterocycles. The average Bonchev–Trinajstić information content (AvgIpc) is 3.20. The van der Waals surface area contributed by atoms with Gasteiger partial charge in [-0.15, -0.1) is 0 Å². The van der Waals surface area contributed by atoms with Gasteiger partial charge in [-0.1, -0.05) is 12.1 Å². The molecule has 0 bridgehead atoms. The highest BCUT2D eigenvalue weighted by Crippen LogP contribution is 2.35. The molecule has 2 aromatic carbocycles. The number of aliphatic hydroxyl groups is 8. The molecule has 20 heteroatoms. The molecule has 57 heavy (non-hydrogen) atoms. The summed E-state index contributed by atoms with van der Waals surface area (Å²) in [5, 5.41) is 105. The Balaban J connectivity index is 1.41. The van der Waals surface area contributed by atoms with Crippen LogP contribution < -0.4 is 9.47 Å². The van der Waals surface area contributed by atoms with Crippen LogP contribution in [0.1, 0.15) is 18.1 Å². The number of aliphatic hydroxyl groups excluding tert-OH is 8. The van der Waals surface area contributed by atoms with Gasteiger partial charge in [0.1, 0.15) is 61.0 Å². The van der Waals surface area contributed by atoms with Crippen LogP contribution in [-0.4, -0.2) is 183 Å². The Kier molecular flexibility index (Phi) is 15.4. The van der Waals surface area contributed by atoms with E-state index in [1.165, 1.54) is 51.5 Å². The van der Waals surface area contributed by atoms with Gasteiger partial charge < -0.3 is 93.7 Å². The van der Waals surface area contributed by atoms with Crippen LogP contribution >= 0.6 is 0 Å². The van der Waals surface area contributed by atoms with E-state index in [4.69, 9.17) is 42.6 Å². The van der Waals surface area contributed by atoms with E-state index in [2.05, 4.69) is 0 Å². The lowest BCUT2D eigenvalue weighted by atomic mass is 9.96. The molecule has 20 nitrogen and oxygen atoms in total. The normalized spacial score (nSPS) is 35.9. The second kappa shape index (κ2) is 19.8. The summed E-state index contributed by atoms with van der Waals surface area (Å²) in [4.78, 5) is 13.3. The van der Waals surface area contributed by atoms with Gasteiger partial charge in [-0.25, -0.2) is 4.79 Å². The third-order valence-electron chi connectivity index (χ3n) is 9.79. The van der Waals surface area contributed by atoms with Crippen molar-refractivity contribution in [2.24, 2.45) is 0 Å². The highest BCUT2D eigenvalue weighted by atomic mass is 16.8. The summed E-state index contributed by atoms with van der Waals surface area (Å²) in [6.07, 6.45) is -22.5. The van der Waals surface area contributed by atoms with Crippen LogP contribution in [0.4, 0.5) is 0 Å². The van der Waals surface area contributed by atoms with E-state index < -0.39 is 111 Å². The molecule has 5 rings (SSSR count). The lowest BCUT2D eigenvalue weighted by molar-refractivity contribution is -0.386. The third kappa shape index (κ3) is 10.3. The van der Waals surface area contributed by atoms with E-state index in [-0.39, 0.29) is 36.0 Å². The summed E-state index contributed by atoms with van der Waals surface area (Å²) in [6.45, 7) is -0.321. The van der Waals surface area contributed by atoms with Crippen LogP contribution in [0, 0.1) is 0 Å². The minimum absolute atomic E-state index is 0.105. The van der Waals surface area contributed by atoms with E-state index in [0.717, 1.165) is 6.08 Å². The molecule has 3 aliphatic heterocycles. The second-order valence-corrected chi connectivity index (χ2v) is 13.6. The van der Waals surface area contributed by atoms with Gasteiger partial charge in [-0.3, -0.25) is 0 Å². The second-order valence-electron chi connectivity index (χ2n) is 13.6. The molecule has 318 valence electrons. The van der Waals surface area contributed by atoms with Crippen molar-refractivity contribution in [1.82, 2.24) is 0 Å². The molecule has 0 amide bonds. The number of carbonyl (C=O) groups excluding carboxylic acids is 1. The number of hydrogen-bond acceptors (Lipinski definition) is 20. The summed E-state index contributed by atoms with van der Waals surface area (Å²) in [5.74, 6) is -0.875. The van der Waals surface area contributed by atoms with E-state index >= 15 is 0 Å². The molecule has 0 spiro atoms. The fourth-order valence-corrected chi connectivity index (χ4v) is 6.54. The fraction of sp³-hybridized carbons (Fsp3) is 0.595. The Labute approximate surface area is 326 Å². The first kappa shape index (κ1) is 44.4. The largest absolute Gasteiger partial charge is 0.504 e. The maximum atomic E-state index is 13.3. The van der Waals surface area contributed by atoms with Crippen molar-refractivity contribution in [3.05, 3.63) is 53.6 Å². The number of aromatic hydroxyl groups is 2. The maximum absolute atomic E-state index is 13.3. The van der Waals surface area contributed by atoms with Crippen LogP contribution in [0.25, 0.3) is 6.08 Å². The molecule has 0 radical (unpaired) electrons. The van der Waals surface area contributed by atoms with Crippen LogP contribution in [0.2, 0.25) is 0 Å². The van der Waals surface area contributed by atoms with E-state index in [1.54, 1.807) is 12.1 Å². The Morgan fingerprint density at radius 1 is 0.684 bits per heavy atom. The predicted octanol–water partition coefficient (Wildman–Crippen LogP) is -2.59. The maximum Gasteiger partial charge on any atom is 0.331 e. The lowest BCUT2D eigenvalue weighted by Gasteiger charge is -2.48. The molecular weight excluding hydrogens is 764 g/mol.